The fourth-order valence-electron chi connectivity index (χ4n) is 1.50. The molecule has 4 heteroatoms. The van der Waals surface area contributed by atoms with Gasteiger partial charge in [0.05, 0.1) is 12.2 Å². The summed E-state index contributed by atoms with van der Waals surface area (Å²) >= 11 is 3.51. The zero-order chi connectivity index (χ0) is 12.4. The van der Waals surface area contributed by atoms with Crippen molar-refractivity contribution < 1.29 is 4.42 Å². The summed E-state index contributed by atoms with van der Waals surface area (Å²) in [6.45, 7) is 6.54. The number of rotatable bonds is 3. The number of aromatic nitrogens is 1. The van der Waals surface area contributed by atoms with Crippen LogP contribution in [0, 0.1) is 20.8 Å². The monoisotopic (exact) mass is 294 g/mol. The third kappa shape index (κ3) is 2.88. The van der Waals surface area contributed by atoms with Gasteiger partial charge < -0.3 is 9.73 Å². The highest BCUT2D eigenvalue weighted by Gasteiger charge is 2.05. The van der Waals surface area contributed by atoms with Crippen molar-refractivity contribution in [2.45, 2.75) is 27.3 Å². The van der Waals surface area contributed by atoms with Crippen LogP contribution in [0.4, 0.5) is 5.69 Å². The average molecular weight is 295 g/mol. The van der Waals surface area contributed by atoms with Crippen molar-refractivity contribution in [3.05, 3.63) is 45.6 Å². The molecule has 1 heterocycles. The Bertz CT molecular complexity index is 515. The van der Waals surface area contributed by atoms with E-state index in [0.29, 0.717) is 6.54 Å². The van der Waals surface area contributed by atoms with Crippen LogP contribution in [0.15, 0.2) is 27.1 Å². The van der Waals surface area contributed by atoms with Gasteiger partial charge in [0.2, 0.25) is 5.89 Å². The van der Waals surface area contributed by atoms with Crippen LogP contribution in [0.1, 0.15) is 22.9 Å². The van der Waals surface area contributed by atoms with Gasteiger partial charge in [-0.1, -0.05) is 22.0 Å². The van der Waals surface area contributed by atoms with Crippen LogP contribution in [0.25, 0.3) is 0 Å². The number of aryl methyl sites for hydroxylation is 3. The zero-order valence-electron chi connectivity index (χ0n) is 10.2. The highest BCUT2D eigenvalue weighted by Crippen LogP contribution is 2.21. The lowest BCUT2D eigenvalue weighted by atomic mass is 10.2. The van der Waals surface area contributed by atoms with Crippen LogP contribution in [0.5, 0.6) is 0 Å². The van der Waals surface area contributed by atoms with Crippen molar-refractivity contribution in [3.63, 3.8) is 0 Å². The molecular weight excluding hydrogens is 280 g/mol. The van der Waals surface area contributed by atoms with Gasteiger partial charge in [-0.3, -0.25) is 0 Å². The van der Waals surface area contributed by atoms with Crippen LogP contribution < -0.4 is 5.32 Å². The Morgan fingerprint density at radius 2 is 2.06 bits per heavy atom. The van der Waals surface area contributed by atoms with E-state index in [1.807, 2.05) is 19.9 Å². The summed E-state index contributed by atoms with van der Waals surface area (Å²) in [5.74, 6) is 1.60. The van der Waals surface area contributed by atoms with E-state index in [1.165, 1.54) is 5.56 Å². The fraction of sp³-hybridized carbons (Fsp3) is 0.308. The molecule has 0 saturated heterocycles. The summed E-state index contributed by atoms with van der Waals surface area (Å²) in [6.07, 6.45) is 0. The third-order valence-electron chi connectivity index (χ3n) is 2.69. The molecule has 0 aliphatic heterocycles. The Morgan fingerprint density at radius 1 is 1.29 bits per heavy atom. The SMILES string of the molecule is Cc1ccc(NCc2nc(C)c(C)o2)cc1Br. The molecule has 2 rings (SSSR count). The Kier molecular flexibility index (Phi) is 3.52. The van der Waals surface area contributed by atoms with Gasteiger partial charge in [-0.05, 0) is 38.5 Å². The van der Waals surface area contributed by atoms with E-state index in [1.54, 1.807) is 0 Å². The normalized spacial score (nSPS) is 10.6. The number of halogens is 1. The molecule has 0 unspecified atom stereocenters. The van der Waals surface area contributed by atoms with E-state index in [9.17, 15) is 0 Å². The molecule has 0 aliphatic rings. The summed E-state index contributed by atoms with van der Waals surface area (Å²) in [4.78, 5) is 4.32. The van der Waals surface area contributed by atoms with Crippen LogP contribution in [0.2, 0.25) is 0 Å². The molecule has 2 aromatic rings. The van der Waals surface area contributed by atoms with E-state index < -0.39 is 0 Å². The van der Waals surface area contributed by atoms with Gasteiger partial charge in [0, 0.05) is 10.2 Å². The Labute approximate surface area is 109 Å². The molecule has 0 saturated carbocycles. The van der Waals surface area contributed by atoms with Gasteiger partial charge in [0.15, 0.2) is 0 Å². The number of nitrogens with zero attached hydrogens (tertiary/aromatic N) is 1. The lowest BCUT2D eigenvalue weighted by molar-refractivity contribution is 0.478. The van der Waals surface area contributed by atoms with Gasteiger partial charge in [0.1, 0.15) is 5.76 Å². The maximum atomic E-state index is 5.50. The second-order valence-electron chi connectivity index (χ2n) is 4.07. The minimum atomic E-state index is 0.601. The predicted molar refractivity (Wildman–Crippen MR) is 72.2 cm³/mol. The first kappa shape index (κ1) is 12.2. The molecule has 1 N–H and O–H groups in total. The van der Waals surface area contributed by atoms with E-state index in [-0.39, 0.29) is 0 Å². The van der Waals surface area contributed by atoms with Crippen molar-refractivity contribution in [1.82, 2.24) is 4.98 Å². The summed E-state index contributed by atoms with van der Waals surface area (Å²) in [7, 11) is 0. The number of hydrogen-bond donors (Lipinski definition) is 1. The average Bonchev–Trinajstić information content (AvgIpc) is 2.60. The van der Waals surface area contributed by atoms with Gasteiger partial charge in [-0.25, -0.2) is 4.98 Å². The lowest BCUT2D eigenvalue weighted by Crippen LogP contribution is -1.99. The standard InChI is InChI=1S/C13H15BrN2O/c1-8-4-5-11(6-12(8)14)15-7-13-16-9(2)10(3)17-13/h4-6,15H,7H2,1-3H3. The first-order chi connectivity index (χ1) is 8.06. The molecule has 90 valence electrons. The molecule has 1 aromatic heterocycles. The third-order valence-corrected chi connectivity index (χ3v) is 3.54. The number of hydrogen-bond acceptors (Lipinski definition) is 3. The van der Waals surface area contributed by atoms with E-state index >= 15 is 0 Å². The maximum absolute atomic E-state index is 5.50. The van der Waals surface area contributed by atoms with E-state index in [0.717, 1.165) is 27.5 Å². The highest BCUT2D eigenvalue weighted by molar-refractivity contribution is 9.10. The molecular formula is C13H15BrN2O. The van der Waals surface area contributed by atoms with Crippen LogP contribution in [-0.2, 0) is 6.54 Å². The largest absolute Gasteiger partial charge is 0.444 e. The first-order valence-corrected chi connectivity index (χ1v) is 6.28. The summed E-state index contributed by atoms with van der Waals surface area (Å²) in [5.41, 5.74) is 3.22. The molecule has 0 spiro atoms. The van der Waals surface area contributed by atoms with Crippen molar-refractivity contribution in [3.8, 4) is 0 Å². The van der Waals surface area contributed by atoms with Crippen molar-refractivity contribution in [1.29, 1.82) is 0 Å². The fourth-order valence-corrected chi connectivity index (χ4v) is 1.87. The van der Waals surface area contributed by atoms with E-state index in [2.05, 4.69) is 45.3 Å². The van der Waals surface area contributed by atoms with Crippen molar-refractivity contribution in [2.24, 2.45) is 0 Å². The molecule has 0 atom stereocenters. The summed E-state index contributed by atoms with van der Waals surface area (Å²) in [5, 5.41) is 3.28. The smallest absolute Gasteiger partial charge is 0.213 e. The van der Waals surface area contributed by atoms with Crippen LogP contribution >= 0.6 is 15.9 Å². The number of anilines is 1. The molecule has 0 radical (unpaired) electrons. The number of nitrogens with one attached hydrogen (secondary N) is 1. The quantitative estimate of drug-likeness (QED) is 0.931. The predicted octanol–water partition coefficient (Wildman–Crippen LogP) is 3.97. The minimum absolute atomic E-state index is 0.601. The molecule has 0 fully saturated rings. The number of oxazole rings is 1. The zero-order valence-corrected chi connectivity index (χ0v) is 11.8. The van der Waals surface area contributed by atoms with Crippen molar-refractivity contribution >= 4 is 21.6 Å². The topological polar surface area (TPSA) is 38.1 Å². The number of benzene rings is 1. The summed E-state index contributed by atoms with van der Waals surface area (Å²) < 4.78 is 6.60. The Morgan fingerprint density at radius 3 is 2.65 bits per heavy atom. The molecule has 0 aliphatic carbocycles. The molecule has 0 bridgehead atoms. The van der Waals surface area contributed by atoms with Gasteiger partial charge >= 0.3 is 0 Å². The lowest BCUT2D eigenvalue weighted by Gasteiger charge is -2.05. The van der Waals surface area contributed by atoms with Gasteiger partial charge in [-0.15, -0.1) is 0 Å². The Balaban J connectivity index is 2.04. The maximum Gasteiger partial charge on any atom is 0.213 e. The minimum Gasteiger partial charge on any atom is -0.444 e. The molecule has 0 amide bonds. The van der Waals surface area contributed by atoms with Crippen molar-refractivity contribution in [2.75, 3.05) is 5.32 Å². The summed E-state index contributed by atoms with van der Waals surface area (Å²) in [6, 6.07) is 6.17. The second-order valence-corrected chi connectivity index (χ2v) is 4.92. The molecule has 17 heavy (non-hydrogen) atoms. The van der Waals surface area contributed by atoms with Crippen LogP contribution in [0.3, 0.4) is 0 Å². The van der Waals surface area contributed by atoms with E-state index in [4.69, 9.17) is 4.42 Å². The first-order valence-electron chi connectivity index (χ1n) is 5.49. The molecule has 3 nitrogen and oxygen atoms in total. The Hall–Kier alpha value is -1.29. The van der Waals surface area contributed by atoms with Crippen LogP contribution in [-0.4, -0.2) is 4.98 Å². The second kappa shape index (κ2) is 4.92. The van der Waals surface area contributed by atoms with Gasteiger partial charge in [-0.2, -0.15) is 0 Å². The van der Waals surface area contributed by atoms with Gasteiger partial charge in [0.25, 0.3) is 0 Å². The molecule has 1 aromatic carbocycles. The highest BCUT2D eigenvalue weighted by atomic mass is 79.9.